The number of hydrogen-bond donors (Lipinski definition) is 0. The summed E-state index contributed by atoms with van der Waals surface area (Å²) in [4.78, 5) is 8.60. The number of aromatic nitrogens is 2. The number of nitrogens with zero attached hydrogens (tertiary/aromatic N) is 2. The molecule has 0 radical (unpaired) electrons. The maximum atomic E-state index is 6.00. The van der Waals surface area contributed by atoms with Crippen LogP contribution in [0.4, 0.5) is 0 Å². The molecule has 2 rings (SSSR count). The van der Waals surface area contributed by atoms with Gasteiger partial charge in [-0.25, -0.2) is 9.97 Å². The van der Waals surface area contributed by atoms with Gasteiger partial charge in [0.25, 0.3) is 0 Å². The molecule has 0 unspecified atom stereocenters. The second kappa shape index (κ2) is 4.67. The van der Waals surface area contributed by atoms with Gasteiger partial charge in [-0.15, -0.1) is 0 Å². The Morgan fingerprint density at radius 2 is 2.00 bits per heavy atom. The van der Waals surface area contributed by atoms with Gasteiger partial charge < -0.3 is 0 Å². The fourth-order valence-electron chi connectivity index (χ4n) is 1.45. The van der Waals surface area contributed by atoms with Crippen molar-refractivity contribution < 1.29 is 0 Å². The minimum Gasteiger partial charge on any atom is -0.235 e. The standard InChI is InChI=1S/C12H10ClIN2/c1-7-3-4-8(2)9(5-7)12-15-6-10(14)11(13)16-12/h3-6H,1-2H3. The van der Waals surface area contributed by atoms with Crippen LogP contribution in [0.2, 0.25) is 5.15 Å². The average molecular weight is 345 g/mol. The smallest absolute Gasteiger partial charge is 0.161 e. The van der Waals surface area contributed by atoms with Crippen LogP contribution in [-0.2, 0) is 0 Å². The minimum atomic E-state index is 0.506. The van der Waals surface area contributed by atoms with Crippen molar-refractivity contribution in [1.29, 1.82) is 0 Å². The Labute approximate surface area is 113 Å². The van der Waals surface area contributed by atoms with E-state index in [0.29, 0.717) is 11.0 Å². The van der Waals surface area contributed by atoms with Crippen molar-refractivity contribution in [3.05, 3.63) is 44.2 Å². The topological polar surface area (TPSA) is 25.8 Å². The van der Waals surface area contributed by atoms with E-state index >= 15 is 0 Å². The van der Waals surface area contributed by atoms with Crippen molar-refractivity contribution in [3.63, 3.8) is 0 Å². The lowest BCUT2D eigenvalue weighted by Crippen LogP contribution is -1.94. The molecule has 0 amide bonds. The van der Waals surface area contributed by atoms with Crippen LogP contribution in [0, 0.1) is 17.4 Å². The lowest BCUT2D eigenvalue weighted by Gasteiger charge is -2.06. The van der Waals surface area contributed by atoms with Crippen LogP contribution < -0.4 is 0 Å². The van der Waals surface area contributed by atoms with Crippen LogP contribution in [0.25, 0.3) is 11.4 Å². The SMILES string of the molecule is Cc1ccc(C)c(-c2ncc(I)c(Cl)n2)c1. The molecule has 4 heteroatoms. The minimum absolute atomic E-state index is 0.506. The molecule has 2 nitrogen and oxygen atoms in total. The predicted octanol–water partition coefficient (Wildman–Crippen LogP) is 4.02. The van der Waals surface area contributed by atoms with E-state index in [2.05, 4.69) is 57.7 Å². The highest BCUT2D eigenvalue weighted by Crippen LogP contribution is 2.24. The van der Waals surface area contributed by atoms with Gasteiger partial charge in [-0.05, 0) is 48.1 Å². The number of rotatable bonds is 1. The Bertz CT molecular complexity index is 541. The Balaban J connectivity index is 2.58. The largest absolute Gasteiger partial charge is 0.235 e. The van der Waals surface area contributed by atoms with Crippen LogP contribution >= 0.6 is 34.2 Å². The normalized spacial score (nSPS) is 10.5. The first-order valence-corrected chi connectivity index (χ1v) is 6.29. The summed E-state index contributed by atoms with van der Waals surface area (Å²) in [6.45, 7) is 4.10. The second-order valence-corrected chi connectivity index (χ2v) is 5.17. The van der Waals surface area contributed by atoms with Crippen molar-refractivity contribution in [3.8, 4) is 11.4 Å². The molecule has 0 aliphatic heterocycles. The van der Waals surface area contributed by atoms with Gasteiger partial charge in [-0.1, -0.05) is 29.3 Å². The maximum Gasteiger partial charge on any atom is 0.161 e. The highest BCUT2D eigenvalue weighted by Gasteiger charge is 2.07. The first-order valence-electron chi connectivity index (χ1n) is 4.83. The fourth-order valence-corrected chi connectivity index (χ4v) is 1.84. The van der Waals surface area contributed by atoms with Gasteiger partial charge in [0.2, 0.25) is 0 Å². The van der Waals surface area contributed by atoms with Gasteiger partial charge >= 0.3 is 0 Å². The molecule has 1 heterocycles. The Morgan fingerprint density at radius 3 is 2.69 bits per heavy atom. The molecule has 0 atom stereocenters. The summed E-state index contributed by atoms with van der Waals surface area (Å²) in [7, 11) is 0. The molecule has 82 valence electrons. The molecular formula is C12H10ClIN2. The third-order valence-electron chi connectivity index (χ3n) is 2.34. The maximum absolute atomic E-state index is 6.00. The number of aryl methyl sites for hydroxylation is 2. The van der Waals surface area contributed by atoms with E-state index in [1.54, 1.807) is 6.20 Å². The first-order chi connectivity index (χ1) is 7.58. The zero-order chi connectivity index (χ0) is 11.7. The van der Waals surface area contributed by atoms with Crippen molar-refractivity contribution in [1.82, 2.24) is 9.97 Å². The lowest BCUT2D eigenvalue weighted by atomic mass is 10.1. The van der Waals surface area contributed by atoms with Gasteiger partial charge in [0.15, 0.2) is 5.82 Å². The molecule has 0 aliphatic carbocycles. The summed E-state index contributed by atoms with van der Waals surface area (Å²) in [5, 5.41) is 0.506. The molecule has 16 heavy (non-hydrogen) atoms. The fraction of sp³-hybridized carbons (Fsp3) is 0.167. The highest BCUT2D eigenvalue weighted by molar-refractivity contribution is 14.1. The van der Waals surface area contributed by atoms with Gasteiger partial charge in [0, 0.05) is 11.8 Å². The van der Waals surface area contributed by atoms with Crippen LogP contribution in [0.5, 0.6) is 0 Å². The summed E-state index contributed by atoms with van der Waals surface area (Å²) in [5.41, 5.74) is 3.39. The molecule has 1 aromatic heterocycles. The summed E-state index contributed by atoms with van der Waals surface area (Å²) < 4.78 is 0.869. The summed E-state index contributed by atoms with van der Waals surface area (Å²) in [6, 6.07) is 6.22. The molecule has 0 fully saturated rings. The van der Waals surface area contributed by atoms with Gasteiger partial charge in [0.05, 0.1) is 3.57 Å². The Kier molecular flexibility index (Phi) is 3.44. The van der Waals surface area contributed by atoms with Crippen molar-refractivity contribution in [2.24, 2.45) is 0 Å². The van der Waals surface area contributed by atoms with Gasteiger partial charge in [-0.3, -0.25) is 0 Å². The van der Waals surface area contributed by atoms with E-state index in [1.165, 1.54) is 5.56 Å². The third-order valence-corrected chi connectivity index (χ3v) is 3.73. The van der Waals surface area contributed by atoms with Crippen molar-refractivity contribution >= 4 is 34.2 Å². The van der Waals surface area contributed by atoms with Gasteiger partial charge in [0.1, 0.15) is 5.15 Å². The highest BCUT2D eigenvalue weighted by atomic mass is 127. The average Bonchev–Trinajstić information content (AvgIpc) is 2.26. The van der Waals surface area contributed by atoms with E-state index in [-0.39, 0.29) is 0 Å². The van der Waals surface area contributed by atoms with E-state index in [1.807, 2.05) is 6.92 Å². The molecule has 0 aliphatic rings. The molecular weight excluding hydrogens is 335 g/mol. The van der Waals surface area contributed by atoms with Gasteiger partial charge in [-0.2, -0.15) is 0 Å². The summed E-state index contributed by atoms with van der Waals surface area (Å²) in [5.74, 6) is 0.687. The van der Waals surface area contributed by atoms with Crippen LogP contribution in [0.3, 0.4) is 0 Å². The lowest BCUT2D eigenvalue weighted by molar-refractivity contribution is 1.15. The predicted molar refractivity (Wildman–Crippen MR) is 74.7 cm³/mol. The van der Waals surface area contributed by atoms with E-state index < -0.39 is 0 Å². The first kappa shape index (κ1) is 11.8. The van der Waals surface area contributed by atoms with Crippen LogP contribution in [0.15, 0.2) is 24.4 Å². The number of halogens is 2. The Morgan fingerprint density at radius 1 is 1.25 bits per heavy atom. The quantitative estimate of drug-likeness (QED) is 0.577. The monoisotopic (exact) mass is 344 g/mol. The molecule has 0 N–H and O–H groups in total. The molecule has 0 saturated heterocycles. The van der Waals surface area contributed by atoms with E-state index in [4.69, 9.17) is 11.6 Å². The zero-order valence-electron chi connectivity index (χ0n) is 8.96. The van der Waals surface area contributed by atoms with E-state index in [9.17, 15) is 0 Å². The molecule has 2 aromatic rings. The van der Waals surface area contributed by atoms with E-state index in [0.717, 1.165) is 14.7 Å². The number of benzene rings is 1. The van der Waals surface area contributed by atoms with Crippen molar-refractivity contribution in [2.75, 3.05) is 0 Å². The molecule has 1 aromatic carbocycles. The summed E-state index contributed by atoms with van der Waals surface area (Å²) in [6.07, 6.45) is 1.74. The summed E-state index contributed by atoms with van der Waals surface area (Å²) >= 11 is 8.12. The Hall–Kier alpha value is -0.680. The number of hydrogen-bond acceptors (Lipinski definition) is 2. The molecule has 0 saturated carbocycles. The second-order valence-electron chi connectivity index (χ2n) is 3.65. The third kappa shape index (κ3) is 2.35. The van der Waals surface area contributed by atoms with Crippen LogP contribution in [0.1, 0.15) is 11.1 Å². The van der Waals surface area contributed by atoms with Crippen LogP contribution in [-0.4, -0.2) is 9.97 Å². The zero-order valence-corrected chi connectivity index (χ0v) is 11.9. The molecule has 0 spiro atoms. The van der Waals surface area contributed by atoms with Crippen molar-refractivity contribution in [2.45, 2.75) is 13.8 Å². The molecule has 0 bridgehead atoms.